The van der Waals surface area contributed by atoms with Gasteiger partial charge in [0.1, 0.15) is 5.70 Å². The molecule has 0 heterocycles. The van der Waals surface area contributed by atoms with Crippen molar-refractivity contribution >= 4 is 12.0 Å². The molecule has 0 N–H and O–H groups in total. The van der Waals surface area contributed by atoms with Gasteiger partial charge < -0.3 is 0 Å². The Hall–Kier alpha value is -1.44. The molecular formula is C47H97NO. The molecule has 1 saturated carbocycles. The topological polar surface area (TPSA) is 29.4 Å². The smallest absolute Gasteiger partial charge is 0.177 e. The Balaban J connectivity index is -0.000000120. The zero-order valence-electron chi connectivity index (χ0n) is 38.4. The van der Waals surface area contributed by atoms with Gasteiger partial charge in [-0.25, -0.2) is 0 Å². The maximum absolute atomic E-state index is 10.6. The van der Waals surface area contributed by atoms with Crippen molar-refractivity contribution in [1.82, 2.24) is 0 Å². The highest BCUT2D eigenvalue weighted by Crippen LogP contribution is 2.59. The van der Waals surface area contributed by atoms with Gasteiger partial charge in [0.05, 0.1) is 0 Å². The molecule has 1 fully saturated rings. The summed E-state index contributed by atoms with van der Waals surface area (Å²) in [4.78, 5) is 14.4. The van der Waals surface area contributed by atoms with Crippen molar-refractivity contribution in [2.24, 2.45) is 33.6 Å². The number of unbranched alkanes of at least 4 members (excludes halogenated alkanes) is 2. The van der Waals surface area contributed by atoms with Gasteiger partial charge in [0.2, 0.25) is 0 Å². The highest BCUT2D eigenvalue weighted by molar-refractivity contribution is 5.94. The van der Waals surface area contributed by atoms with E-state index >= 15 is 0 Å². The van der Waals surface area contributed by atoms with Gasteiger partial charge in [0.25, 0.3) is 0 Å². The summed E-state index contributed by atoms with van der Waals surface area (Å²) in [5, 5.41) is 0. The van der Waals surface area contributed by atoms with Gasteiger partial charge in [0, 0.05) is 13.1 Å². The summed E-state index contributed by atoms with van der Waals surface area (Å²) in [5.41, 5.74) is 4.78. The standard InChI is InChI=1S/C14H28.C10H16.C8H18.C7H11NO.4C2H6/c1-6-9-12-10-13(4,7-2)14(5,8-3)11-12;1-4-10-7-8(2)5-6-9(10)3;1-4-5-6-7-8(2)3;1-4-7(6(3)9)8-5-2;4*1-2/h12H,6-11H2,1-5H3;6-8H,4-5H2,1-3H3;8H,4-7H2,1-3H3;4-5H,1-3H3;4*1-2H3/b;;;7-4-,8-5?;;;;/t12?,13-,14+;;;;;;;. The quantitative estimate of drug-likeness (QED) is 0.120. The van der Waals surface area contributed by atoms with Crippen LogP contribution in [0.5, 0.6) is 0 Å². The highest BCUT2D eigenvalue weighted by atomic mass is 16.1. The molecule has 0 aromatic rings. The van der Waals surface area contributed by atoms with Crippen LogP contribution in [0.2, 0.25) is 0 Å². The molecule has 2 unspecified atom stereocenters. The van der Waals surface area contributed by atoms with Crippen molar-refractivity contribution in [1.29, 1.82) is 0 Å². The van der Waals surface area contributed by atoms with Gasteiger partial charge in [-0.05, 0) is 80.6 Å². The summed E-state index contributed by atoms with van der Waals surface area (Å²) in [6.07, 6.45) is 24.6. The van der Waals surface area contributed by atoms with E-state index in [1.165, 1.54) is 89.5 Å². The fraction of sp³-hybridized carbons (Fsp3) is 0.830. The van der Waals surface area contributed by atoms with Crippen LogP contribution in [0.3, 0.4) is 0 Å². The van der Waals surface area contributed by atoms with Crippen molar-refractivity contribution in [3.05, 3.63) is 35.1 Å². The molecule has 49 heavy (non-hydrogen) atoms. The second-order valence-electron chi connectivity index (χ2n) is 13.5. The zero-order chi connectivity index (χ0) is 40.1. The monoisotopic (exact) mass is 692 g/mol. The molecule has 0 radical (unpaired) electrons. The van der Waals surface area contributed by atoms with Gasteiger partial charge in [-0.2, -0.15) is 0 Å². The van der Waals surface area contributed by atoms with Crippen molar-refractivity contribution in [3.8, 4) is 0 Å². The number of hydrogen-bond donors (Lipinski definition) is 0. The number of aliphatic imine (C=N–C) groups is 1. The molecule has 0 spiro atoms. The van der Waals surface area contributed by atoms with Crippen LogP contribution in [0.15, 0.2) is 40.1 Å². The van der Waals surface area contributed by atoms with E-state index in [2.05, 4.69) is 93.3 Å². The van der Waals surface area contributed by atoms with Crippen LogP contribution in [-0.4, -0.2) is 12.0 Å². The third-order valence-electron chi connectivity index (χ3n) is 9.65. The van der Waals surface area contributed by atoms with Crippen molar-refractivity contribution in [3.63, 3.8) is 0 Å². The number of ketones is 1. The van der Waals surface area contributed by atoms with Crippen LogP contribution in [-0.2, 0) is 4.79 Å². The fourth-order valence-electron chi connectivity index (χ4n) is 6.34. The first-order valence-corrected chi connectivity index (χ1v) is 21.3. The van der Waals surface area contributed by atoms with Gasteiger partial charge in [-0.1, -0.05) is 200 Å². The summed E-state index contributed by atoms with van der Waals surface area (Å²) in [6, 6.07) is 0. The number of Topliss-reactive ketones (excluding diaryl/α,β-unsaturated/α-hetero) is 1. The minimum Gasteiger partial charge on any atom is -0.293 e. The molecule has 0 aliphatic heterocycles. The molecule has 0 amide bonds. The Morgan fingerprint density at radius 1 is 0.857 bits per heavy atom. The van der Waals surface area contributed by atoms with E-state index in [9.17, 15) is 4.79 Å². The molecule has 2 nitrogen and oxygen atoms in total. The summed E-state index contributed by atoms with van der Waals surface area (Å²) in [6.45, 7) is 46.7. The van der Waals surface area contributed by atoms with E-state index in [0.717, 1.165) is 17.8 Å². The number of rotatable bonds is 11. The number of allylic oxidation sites excluding steroid dienone is 6. The van der Waals surface area contributed by atoms with Gasteiger partial charge in [-0.15, -0.1) is 0 Å². The molecule has 0 aromatic carbocycles. The molecule has 2 aliphatic carbocycles. The lowest BCUT2D eigenvalue weighted by molar-refractivity contribution is -0.113. The van der Waals surface area contributed by atoms with Gasteiger partial charge in [-0.3, -0.25) is 9.79 Å². The van der Waals surface area contributed by atoms with E-state index in [-0.39, 0.29) is 5.78 Å². The minimum absolute atomic E-state index is 0.00981. The average Bonchev–Trinajstić information content (AvgIpc) is 3.38. The number of hydrogen-bond acceptors (Lipinski definition) is 2. The van der Waals surface area contributed by atoms with Crippen LogP contribution in [0.4, 0.5) is 0 Å². The van der Waals surface area contributed by atoms with Crippen LogP contribution in [0.25, 0.3) is 0 Å². The molecule has 296 valence electrons. The first kappa shape index (κ1) is 59.7. The summed E-state index contributed by atoms with van der Waals surface area (Å²) >= 11 is 0. The third kappa shape index (κ3) is 29.9. The van der Waals surface area contributed by atoms with E-state index < -0.39 is 0 Å². The number of carbonyl (C=O) groups is 1. The summed E-state index contributed by atoms with van der Waals surface area (Å²) in [7, 11) is 0. The number of nitrogens with zero attached hydrogens (tertiary/aromatic N) is 1. The fourth-order valence-corrected chi connectivity index (χ4v) is 6.34. The molecule has 2 aliphatic rings. The second kappa shape index (κ2) is 41.0. The van der Waals surface area contributed by atoms with Crippen molar-refractivity contribution in [2.45, 2.75) is 229 Å². The maximum Gasteiger partial charge on any atom is 0.177 e. The first-order valence-electron chi connectivity index (χ1n) is 21.3. The lowest BCUT2D eigenvalue weighted by Gasteiger charge is -2.40. The summed E-state index contributed by atoms with van der Waals surface area (Å²) < 4.78 is 0. The minimum atomic E-state index is 0.00981. The molecule has 0 bridgehead atoms. The Bertz CT molecular complexity index is 796. The Morgan fingerprint density at radius 2 is 1.33 bits per heavy atom. The third-order valence-corrected chi connectivity index (χ3v) is 9.65. The van der Waals surface area contributed by atoms with Crippen molar-refractivity contribution in [2.75, 3.05) is 0 Å². The Morgan fingerprint density at radius 3 is 1.59 bits per heavy atom. The average molecular weight is 692 g/mol. The normalized spacial score (nSPS) is 22.1. The highest BCUT2D eigenvalue weighted by Gasteiger charge is 2.49. The number of carbonyl (C=O) groups excluding carboxylic acids is 1. The molecule has 0 saturated heterocycles. The second-order valence-corrected chi connectivity index (χ2v) is 13.5. The van der Waals surface area contributed by atoms with E-state index in [0.29, 0.717) is 16.5 Å². The van der Waals surface area contributed by atoms with Gasteiger partial charge in [0.15, 0.2) is 5.78 Å². The van der Waals surface area contributed by atoms with Crippen LogP contribution < -0.4 is 0 Å². The first-order chi connectivity index (χ1) is 23.2. The Labute approximate surface area is 314 Å². The lowest BCUT2D eigenvalue weighted by Crippen LogP contribution is -2.30. The van der Waals surface area contributed by atoms with Crippen LogP contribution in [0, 0.1) is 28.6 Å². The van der Waals surface area contributed by atoms with Gasteiger partial charge >= 0.3 is 0 Å². The van der Waals surface area contributed by atoms with Crippen LogP contribution in [0.1, 0.15) is 229 Å². The molecule has 2 heteroatoms. The zero-order valence-corrected chi connectivity index (χ0v) is 38.4. The Kier molecular flexibility index (Phi) is 49.9. The molecule has 0 aromatic heterocycles. The van der Waals surface area contributed by atoms with E-state index in [4.69, 9.17) is 0 Å². The SMILES string of the molecule is CC.CC.CC.CC.CC=N/C(=C\C)C(C)=O.CCC1=CC(C)CC=C1C.CCCC1C[C@](C)(CC)[C@](C)(CC)C1.CCCCCC(C)C. The lowest BCUT2D eigenvalue weighted by atomic mass is 9.65. The van der Waals surface area contributed by atoms with Crippen LogP contribution >= 0.6 is 0 Å². The predicted octanol–water partition coefficient (Wildman–Crippen LogP) is 17.2. The molecular weight excluding hydrogens is 595 g/mol. The van der Waals surface area contributed by atoms with E-state index in [1.807, 2.05) is 55.4 Å². The molecule has 4 atom stereocenters. The largest absolute Gasteiger partial charge is 0.293 e. The maximum atomic E-state index is 10.6. The molecule has 2 rings (SSSR count). The predicted molar refractivity (Wildman–Crippen MR) is 233 cm³/mol. The van der Waals surface area contributed by atoms with E-state index in [1.54, 1.807) is 31.7 Å². The summed E-state index contributed by atoms with van der Waals surface area (Å²) in [5.74, 6) is 2.69. The van der Waals surface area contributed by atoms with Crippen molar-refractivity contribution < 1.29 is 4.79 Å².